The Morgan fingerprint density at radius 1 is 1.09 bits per heavy atom. The second-order valence-corrected chi connectivity index (χ2v) is 11.2. The minimum Gasteiger partial charge on any atom is -0.388 e. The van der Waals surface area contributed by atoms with E-state index in [4.69, 9.17) is 9.47 Å². The van der Waals surface area contributed by atoms with Gasteiger partial charge in [-0.15, -0.1) is 0 Å². The third kappa shape index (κ3) is 5.21. The lowest BCUT2D eigenvalue weighted by Gasteiger charge is -2.36. The molecule has 0 spiro atoms. The minimum absolute atomic E-state index is 0.116. The maximum Gasteiger partial charge on any atom is 0.425 e. The first-order chi connectivity index (χ1) is 21.7. The van der Waals surface area contributed by atoms with E-state index >= 15 is 0 Å². The number of amides is 4. The number of imidazole rings is 1. The van der Waals surface area contributed by atoms with Crippen LogP contribution >= 0.6 is 0 Å². The van der Waals surface area contributed by atoms with E-state index in [1.54, 1.807) is 66.9 Å². The molecule has 14 heteroatoms. The van der Waals surface area contributed by atoms with Crippen molar-refractivity contribution in [1.29, 1.82) is 0 Å². The Kier molecular flexibility index (Phi) is 7.85. The number of carbonyl (C=O) groups is 3. The normalized spacial score (nSPS) is 22.1. The van der Waals surface area contributed by atoms with Crippen LogP contribution in [0.1, 0.15) is 33.4 Å². The van der Waals surface area contributed by atoms with Crippen LogP contribution in [0.2, 0.25) is 0 Å². The molecule has 0 aliphatic carbocycles. The number of likely N-dealkylation sites (tertiary alicyclic amines) is 1. The molecule has 2 bridgehead atoms. The first kappa shape index (κ1) is 30.0. The third-order valence-electron chi connectivity index (χ3n) is 8.20. The Hall–Kier alpha value is -5.08. The molecular formula is C31H34N8O6. The van der Waals surface area contributed by atoms with Crippen LogP contribution in [0.5, 0.6) is 5.88 Å². The lowest BCUT2D eigenvalue weighted by Crippen LogP contribution is -2.50. The van der Waals surface area contributed by atoms with E-state index in [1.165, 1.54) is 23.2 Å². The fraction of sp³-hybridized carbons (Fsp3) is 0.355. The van der Waals surface area contributed by atoms with E-state index < -0.39 is 30.1 Å². The predicted molar refractivity (Wildman–Crippen MR) is 164 cm³/mol. The molecule has 2 aromatic carbocycles. The number of aromatic nitrogens is 4. The second kappa shape index (κ2) is 11.8. The number of aliphatic hydroxyl groups excluding tert-OH is 1. The molecule has 4 atom stereocenters. The number of hydrogen-bond acceptors (Lipinski definition) is 9. The Morgan fingerprint density at radius 2 is 1.73 bits per heavy atom. The Morgan fingerprint density at radius 3 is 2.29 bits per heavy atom. The van der Waals surface area contributed by atoms with Crippen LogP contribution in [0, 0.1) is 5.92 Å². The average Bonchev–Trinajstić information content (AvgIpc) is 3.69. The van der Waals surface area contributed by atoms with Crippen molar-refractivity contribution in [2.45, 2.75) is 51.2 Å². The summed E-state index contributed by atoms with van der Waals surface area (Å²) in [5.74, 6) is -1.05. The summed E-state index contributed by atoms with van der Waals surface area (Å²) in [5, 5.41) is 16.6. The molecule has 4 heterocycles. The number of fused-ring (bicyclic) bond motifs is 3. The zero-order valence-electron chi connectivity index (χ0n) is 25.2. The molecule has 2 aliphatic heterocycles. The molecule has 6 rings (SSSR count). The molecular weight excluding hydrogens is 580 g/mol. The molecule has 0 unspecified atom stereocenters. The maximum atomic E-state index is 13.9. The first-order valence-electron chi connectivity index (χ1n) is 14.7. The van der Waals surface area contributed by atoms with Crippen molar-refractivity contribution in [1.82, 2.24) is 29.7 Å². The van der Waals surface area contributed by atoms with Gasteiger partial charge in [-0.1, -0.05) is 57.2 Å². The Balaban J connectivity index is 1.43. The van der Waals surface area contributed by atoms with Crippen LogP contribution in [0.25, 0.3) is 11.2 Å². The highest BCUT2D eigenvalue weighted by Crippen LogP contribution is 2.49. The van der Waals surface area contributed by atoms with Gasteiger partial charge in [0.2, 0.25) is 11.9 Å². The van der Waals surface area contributed by atoms with Gasteiger partial charge in [0.05, 0.1) is 24.2 Å². The number of carbonyl (C=O) groups excluding carboxylic acids is 3. The van der Waals surface area contributed by atoms with Crippen molar-refractivity contribution < 1.29 is 29.0 Å². The molecule has 3 N–H and O–H groups in total. The SMILES string of the molecule is CC[C@@]12CN(C(=O)NC)[C@@H]([C@H](n3cnc4c(OC(=O)N(c5ccccc5)c5ccccc5)nc(NC(=O)C(C)C)nc43)O1)[C@@H]2O. The van der Waals surface area contributed by atoms with Crippen LogP contribution < -0.4 is 20.3 Å². The van der Waals surface area contributed by atoms with Crippen LogP contribution in [0.3, 0.4) is 0 Å². The highest BCUT2D eigenvalue weighted by molar-refractivity contribution is 5.98. The number of ether oxygens (including phenoxy) is 2. The van der Waals surface area contributed by atoms with Gasteiger partial charge in [0.15, 0.2) is 17.4 Å². The zero-order chi connectivity index (χ0) is 31.9. The van der Waals surface area contributed by atoms with Crippen molar-refractivity contribution in [3.63, 3.8) is 0 Å². The summed E-state index contributed by atoms with van der Waals surface area (Å²) in [4.78, 5) is 55.6. The molecule has 2 fully saturated rings. The number of para-hydroxylation sites is 2. The van der Waals surface area contributed by atoms with E-state index in [-0.39, 0.29) is 47.4 Å². The standard InChI is InChI=1S/C31H34N8O6/c1-5-31-16-37(29(42)32-4)22(23(31)40)27(45-31)38-17-33-21-24(38)34-28(35-25(41)18(2)3)36-26(21)44-30(43)39(19-12-8-6-9-13-19)20-14-10-7-11-15-20/h6-15,17-18,22-23,27,40H,5,16H2,1-4H3,(H,32,42)(H,34,35,36,41)/t22-,23+,27-,31+/m1/s1. The van der Waals surface area contributed by atoms with E-state index in [0.29, 0.717) is 17.8 Å². The quantitative estimate of drug-likeness (QED) is 0.281. The molecule has 2 aliphatic rings. The topological polar surface area (TPSA) is 164 Å². The number of urea groups is 1. The van der Waals surface area contributed by atoms with Gasteiger partial charge in [-0.05, 0) is 30.7 Å². The monoisotopic (exact) mass is 614 g/mol. The third-order valence-corrected chi connectivity index (χ3v) is 8.20. The largest absolute Gasteiger partial charge is 0.425 e. The van der Waals surface area contributed by atoms with E-state index in [0.717, 1.165) is 0 Å². The van der Waals surface area contributed by atoms with Crippen molar-refractivity contribution >= 4 is 46.5 Å². The number of nitrogens with zero attached hydrogens (tertiary/aromatic N) is 6. The van der Waals surface area contributed by atoms with Gasteiger partial charge in [-0.3, -0.25) is 14.7 Å². The fourth-order valence-corrected chi connectivity index (χ4v) is 5.77. The summed E-state index contributed by atoms with van der Waals surface area (Å²) < 4.78 is 13.9. The number of hydrogen-bond donors (Lipinski definition) is 3. The molecule has 4 aromatic rings. The number of rotatable bonds is 7. The van der Waals surface area contributed by atoms with Crippen molar-refractivity contribution in [2.24, 2.45) is 5.92 Å². The molecule has 0 saturated carbocycles. The number of nitrogens with one attached hydrogen (secondary N) is 2. The van der Waals surface area contributed by atoms with Gasteiger partial charge in [-0.25, -0.2) is 19.5 Å². The molecule has 2 saturated heterocycles. The summed E-state index contributed by atoms with van der Waals surface area (Å²) in [7, 11) is 1.52. The fourth-order valence-electron chi connectivity index (χ4n) is 5.77. The highest BCUT2D eigenvalue weighted by Gasteiger charge is 2.64. The molecule has 14 nitrogen and oxygen atoms in total. The van der Waals surface area contributed by atoms with Crippen LogP contribution in [-0.2, 0) is 9.53 Å². The summed E-state index contributed by atoms with van der Waals surface area (Å²) in [6.07, 6.45) is -0.755. The van der Waals surface area contributed by atoms with E-state index in [9.17, 15) is 19.5 Å². The molecule has 0 radical (unpaired) electrons. The van der Waals surface area contributed by atoms with Gasteiger partial charge in [0.25, 0.3) is 5.88 Å². The molecule has 4 amide bonds. The minimum atomic E-state index is -0.999. The summed E-state index contributed by atoms with van der Waals surface area (Å²) in [6, 6.07) is 16.9. The smallest absolute Gasteiger partial charge is 0.388 e. The average molecular weight is 615 g/mol. The molecule has 234 valence electrons. The van der Waals surface area contributed by atoms with Crippen molar-refractivity contribution in [2.75, 3.05) is 23.8 Å². The van der Waals surface area contributed by atoms with Gasteiger partial charge < -0.3 is 24.8 Å². The maximum absolute atomic E-state index is 13.9. The van der Waals surface area contributed by atoms with E-state index in [2.05, 4.69) is 25.6 Å². The Bertz CT molecular complexity index is 1690. The van der Waals surface area contributed by atoms with Gasteiger partial charge in [0.1, 0.15) is 17.7 Å². The van der Waals surface area contributed by atoms with Crippen molar-refractivity contribution in [3.8, 4) is 5.88 Å². The number of anilines is 3. The number of morpholine rings is 1. The highest BCUT2D eigenvalue weighted by atomic mass is 16.6. The molecule has 2 aromatic heterocycles. The summed E-state index contributed by atoms with van der Waals surface area (Å²) in [5.41, 5.74) is 0.403. The summed E-state index contributed by atoms with van der Waals surface area (Å²) >= 11 is 0. The molecule has 45 heavy (non-hydrogen) atoms. The first-order valence-corrected chi connectivity index (χ1v) is 14.7. The second-order valence-electron chi connectivity index (χ2n) is 11.2. The van der Waals surface area contributed by atoms with Crippen molar-refractivity contribution in [3.05, 3.63) is 67.0 Å². The number of benzene rings is 2. The van der Waals surface area contributed by atoms with Gasteiger partial charge in [-0.2, -0.15) is 9.97 Å². The summed E-state index contributed by atoms with van der Waals surface area (Å²) in [6.45, 7) is 5.53. The predicted octanol–water partition coefficient (Wildman–Crippen LogP) is 3.82. The van der Waals surface area contributed by atoms with Crippen LogP contribution in [0.15, 0.2) is 67.0 Å². The lowest BCUT2D eigenvalue weighted by molar-refractivity contribution is -0.128. The van der Waals surface area contributed by atoms with Gasteiger partial charge >= 0.3 is 12.1 Å². The van der Waals surface area contributed by atoms with Crippen LogP contribution in [-0.4, -0.2) is 78.9 Å². The van der Waals surface area contributed by atoms with E-state index in [1.807, 2.05) is 19.1 Å². The zero-order valence-corrected chi connectivity index (χ0v) is 25.2. The lowest BCUT2D eigenvalue weighted by atomic mass is 9.96. The van der Waals surface area contributed by atoms with Crippen LogP contribution in [0.4, 0.5) is 26.9 Å². The Labute approximate surface area is 259 Å². The number of aliphatic hydroxyl groups is 1. The van der Waals surface area contributed by atoms with Gasteiger partial charge in [0, 0.05) is 13.0 Å².